The lowest BCUT2D eigenvalue weighted by atomic mass is 9.83. The maximum absolute atomic E-state index is 4.83. The van der Waals surface area contributed by atoms with E-state index >= 15 is 0 Å². The van der Waals surface area contributed by atoms with Gasteiger partial charge in [-0.2, -0.15) is 0 Å². The predicted octanol–water partition coefficient (Wildman–Crippen LogP) is 5.04. The number of hydrogen-bond acceptors (Lipinski definition) is 1. The van der Waals surface area contributed by atoms with Crippen LogP contribution in [-0.4, -0.2) is 9.97 Å². The molecule has 0 aliphatic carbocycles. The quantitative estimate of drug-likeness (QED) is 0.707. The average Bonchev–Trinajstić information content (AvgIpc) is 2.78. The van der Waals surface area contributed by atoms with Crippen molar-refractivity contribution in [2.24, 2.45) is 5.92 Å². The average molecular weight is 266 g/mol. The van der Waals surface area contributed by atoms with Gasteiger partial charge in [-0.25, -0.2) is 4.98 Å². The van der Waals surface area contributed by atoms with Gasteiger partial charge in [0.2, 0.25) is 0 Å². The molecule has 0 spiro atoms. The molecule has 2 heteroatoms. The molecule has 2 nitrogen and oxygen atoms in total. The summed E-state index contributed by atoms with van der Waals surface area (Å²) >= 11 is 0. The molecular formula is C18H22N2. The number of benzene rings is 2. The number of aromatic nitrogens is 2. The minimum absolute atomic E-state index is 0.0827. The third-order valence-electron chi connectivity index (χ3n) is 3.91. The molecule has 0 saturated carbocycles. The minimum Gasteiger partial charge on any atom is -0.342 e. The van der Waals surface area contributed by atoms with Gasteiger partial charge in [0.15, 0.2) is 0 Å². The standard InChI is InChI=1S/C18H22N2/c1-12(2)11-18(3,4)17-19-15-9-13-7-5-6-8-14(13)10-16(15)20-17/h5-10,12H,11H2,1-4H3,(H,19,20). The van der Waals surface area contributed by atoms with E-state index in [1.165, 1.54) is 10.8 Å². The Morgan fingerprint density at radius 2 is 1.75 bits per heavy atom. The molecule has 0 saturated heterocycles. The van der Waals surface area contributed by atoms with Gasteiger partial charge in [-0.3, -0.25) is 0 Å². The highest BCUT2D eigenvalue weighted by molar-refractivity contribution is 5.95. The maximum Gasteiger partial charge on any atom is 0.112 e. The molecule has 0 unspecified atom stereocenters. The highest BCUT2D eigenvalue weighted by Gasteiger charge is 2.25. The summed E-state index contributed by atoms with van der Waals surface area (Å²) in [7, 11) is 0. The van der Waals surface area contributed by atoms with E-state index in [0.717, 1.165) is 23.3 Å². The Bertz CT molecular complexity index is 698. The first-order chi connectivity index (χ1) is 9.45. The first-order valence-corrected chi connectivity index (χ1v) is 7.35. The van der Waals surface area contributed by atoms with Crippen molar-refractivity contribution < 1.29 is 0 Å². The van der Waals surface area contributed by atoms with Gasteiger partial charge in [0.25, 0.3) is 0 Å². The molecule has 104 valence electrons. The summed E-state index contributed by atoms with van der Waals surface area (Å²) in [5.41, 5.74) is 2.28. The van der Waals surface area contributed by atoms with E-state index in [4.69, 9.17) is 4.98 Å². The summed E-state index contributed by atoms with van der Waals surface area (Å²) in [6.45, 7) is 9.06. The molecule has 1 aromatic heterocycles. The van der Waals surface area contributed by atoms with Gasteiger partial charge in [0, 0.05) is 5.41 Å². The molecule has 0 atom stereocenters. The molecule has 0 fully saturated rings. The molecule has 0 amide bonds. The second kappa shape index (κ2) is 4.62. The summed E-state index contributed by atoms with van der Waals surface area (Å²) in [6, 6.07) is 12.8. The van der Waals surface area contributed by atoms with Gasteiger partial charge >= 0.3 is 0 Å². The van der Waals surface area contributed by atoms with Gasteiger partial charge in [-0.15, -0.1) is 0 Å². The highest BCUT2D eigenvalue weighted by Crippen LogP contribution is 2.31. The molecule has 20 heavy (non-hydrogen) atoms. The third kappa shape index (κ3) is 2.31. The van der Waals surface area contributed by atoms with Gasteiger partial charge in [-0.1, -0.05) is 52.0 Å². The first-order valence-electron chi connectivity index (χ1n) is 7.35. The highest BCUT2D eigenvalue weighted by atomic mass is 14.9. The normalized spacial score (nSPS) is 12.7. The van der Waals surface area contributed by atoms with Gasteiger partial charge < -0.3 is 4.98 Å². The van der Waals surface area contributed by atoms with Crippen molar-refractivity contribution in [3.63, 3.8) is 0 Å². The van der Waals surface area contributed by atoms with Crippen LogP contribution in [0, 0.1) is 5.92 Å². The lowest BCUT2D eigenvalue weighted by molar-refractivity contribution is 0.384. The number of H-pyrrole nitrogens is 1. The smallest absolute Gasteiger partial charge is 0.112 e. The van der Waals surface area contributed by atoms with Crippen LogP contribution in [0.15, 0.2) is 36.4 Å². The zero-order chi connectivity index (χ0) is 14.3. The van der Waals surface area contributed by atoms with Gasteiger partial charge in [0.05, 0.1) is 11.0 Å². The fourth-order valence-electron chi connectivity index (χ4n) is 3.13. The first kappa shape index (κ1) is 13.2. The van der Waals surface area contributed by atoms with Crippen LogP contribution in [0.1, 0.15) is 39.9 Å². The van der Waals surface area contributed by atoms with E-state index in [-0.39, 0.29) is 5.41 Å². The van der Waals surface area contributed by atoms with Crippen molar-refractivity contribution in [3.8, 4) is 0 Å². The van der Waals surface area contributed by atoms with Crippen LogP contribution < -0.4 is 0 Å². The summed E-state index contributed by atoms with van der Waals surface area (Å²) in [5.74, 6) is 1.76. The van der Waals surface area contributed by atoms with Crippen LogP contribution >= 0.6 is 0 Å². The fourth-order valence-corrected chi connectivity index (χ4v) is 3.13. The Balaban J connectivity index is 2.12. The van der Waals surface area contributed by atoms with Crippen LogP contribution in [-0.2, 0) is 5.41 Å². The fraction of sp³-hybridized carbons (Fsp3) is 0.389. The lowest BCUT2D eigenvalue weighted by Crippen LogP contribution is -2.21. The number of rotatable bonds is 3. The van der Waals surface area contributed by atoms with Crippen LogP contribution in [0.2, 0.25) is 0 Å². The Kier molecular flexibility index (Phi) is 3.04. The lowest BCUT2D eigenvalue weighted by Gasteiger charge is -2.24. The molecule has 3 aromatic rings. The number of fused-ring (bicyclic) bond motifs is 2. The van der Waals surface area contributed by atoms with E-state index in [1.807, 2.05) is 0 Å². The van der Waals surface area contributed by atoms with Crippen LogP contribution in [0.3, 0.4) is 0 Å². The largest absolute Gasteiger partial charge is 0.342 e. The molecule has 0 radical (unpaired) electrons. The number of hydrogen-bond donors (Lipinski definition) is 1. The summed E-state index contributed by atoms with van der Waals surface area (Å²) in [4.78, 5) is 8.35. The second-order valence-corrected chi connectivity index (χ2v) is 6.78. The zero-order valence-electron chi connectivity index (χ0n) is 12.7. The molecule has 1 N–H and O–H groups in total. The van der Waals surface area contributed by atoms with Gasteiger partial charge in [-0.05, 0) is 35.2 Å². The van der Waals surface area contributed by atoms with E-state index < -0.39 is 0 Å². The number of imidazole rings is 1. The number of aromatic amines is 1. The summed E-state index contributed by atoms with van der Waals surface area (Å²) in [5, 5.41) is 2.51. The molecule has 2 aromatic carbocycles. The van der Waals surface area contributed by atoms with Crippen LogP contribution in [0.25, 0.3) is 21.8 Å². The van der Waals surface area contributed by atoms with Crippen molar-refractivity contribution in [2.45, 2.75) is 39.5 Å². The number of nitrogens with one attached hydrogen (secondary N) is 1. The minimum atomic E-state index is 0.0827. The van der Waals surface area contributed by atoms with E-state index in [0.29, 0.717) is 5.92 Å². The molecule has 0 aliphatic rings. The summed E-state index contributed by atoms with van der Waals surface area (Å²) in [6.07, 6.45) is 1.13. The Labute approximate surface area is 120 Å². The Hall–Kier alpha value is -1.83. The van der Waals surface area contributed by atoms with Crippen molar-refractivity contribution in [1.29, 1.82) is 0 Å². The van der Waals surface area contributed by atoms with E-state index in [1.54, 1.807) is 0 Å². The molecule has 0 bridgehead atoms. The molecule has 1 heterocycles. The van der Waals surface area contributed by atoms with Crippen LogP contribution in [0.5, 0.6) is 0 Å². The Morgan fingerprint density at radius 3 is 2.40 bits per heavy atom. The summed E-state index contributed by atoms with van der Waals surface area (Å²) < 4.78 is 0. The maximum atomic E-state index is 4.83. The third-order valence-corrected chi connectivity index (χ3v) is 3.91. The second-order valence-electron chi connectivity index (χ2n) is 6.78. The van der Waals surface area contributed by atoms with Crippen molar-refractivity contribution in [3.05, 3.63) is 42.2 Å². The zero-order valence-corrected chi connectivity index (χ0v) is 12.7. The SMILES string of the molecule is CC(C)CC(C)(C)c1nc2cc3ccccc3cc2[nH]1. The molecular weight excluding hydrogens is 244 g/mol. The molecule has 3 rings (SSSR count). The van der Waals surface area contributed by atoms with Crippen molar-refractivity contribution >= 4 is 21.8 Å². The Morgan fingerprint density at radius 1 is 1.10 bits per heavy atom. The van der Waals surface area contributed by atoms with E-state index in [2.05, 4.69) is 69.1 Å². The monoisotopic (exact) mass is 266 g/mol. The number of nitrogens with zero attached hydrogens (tertiary/aromatic N) is 1. The van der Waals surface area contributed by atoms with Crippen molar-refractivity contribution in [2.75, 3.05) is 0 Å². The van der Waals surface area contributed by atoms with E-state index in [9.17, 15) is 0 Å². The topological polar surface area (TPSA) is 28.7 Å². The molecule has 0 aliphatic heterocycles. The van der Waals surface area contributed by atoms with Gasteiger partial charge in [0.1, 0.15) is 5.82 Å². The van der Waals surface area contributed by atoms with Crippen molar-refractivity contribution in [1.82, 2.24) is 9.97 Å². The predicted molar refractivity (Wildman–Crippen MR) is 86.1 cm³/mol. The van der Waals surface area contributed by atoms with Crippen LogP contribution in [0.4, 0.5) is 0 Å².